The average Bonchev–Trinajstić information content (AvgIpc) is 3.81. The Morgan fingerprint density at radius 3 is 2.29 bits per heavy atom. The fraction of sp³-hybridized carbons (Fsp3) is 0.348. The summed E-state index contributed by atoms with van der Waals surface area (Å²) in [6, 6.07) is 21.0. The van der Waals surface area contributed by atoms with Crippen LogP contribution in [0.25, 0.3) is 22.2 Å². The van der Waals surface area contributed by atoms with E-state index in [9.17, 15) is 32.4 Å². The molecule has 0 radical (unpaired) electrons. The summed E-state index contributed by atoms with van der Waals surface area (Å²) in [7, 11) is -1.35. The van der Waals surface area contributed by atoms with Gasteiger partial charge in [0, 0.05) is 48.0 Å². The Morgan fingerprint density at radius 1 is 1.02 bits per heavy atom. The van der Waals surface area contributed by atoms with Crippen molar-refractivity contribution in [2.24, 2.45) is 5.92 Å². The van der Waals surface area contributed by atoms with Crippen LogP contribution in [0.4, 0.5) is 4.79 Å². The zero-order chi connectivity index (χ0) is 45.9. The Hall–Kier alpha value is -6.75. The van der Waals surface area contributed by atoms with Crippen molar-refractivity contribution in [2.75, 3.05) is 27.2 Å². The molecule has 17 heteroatoms. The van der Waals surface area contributed by atoms with Gasteiger partial charge in [0.2, 0.25) is 17.7 Å². The van der Waals surface area contributed by atoms with Crippen LogP contribution >= 0.6 is 0 Å². The van der Waals surface area contributed by atoms with Crippen LogP contribution in [-0.2, 0) is 33.9 Å². The molecule has 2 heterocycles. The Balaban J connectivity index is 1.37. The van der Waals surface area contributed by atoms with Crippen LogP contribution in [-0.4, -0.2) is 109 Å². The number of fused-ring (bicyclic) bond motifs is 1. The van der Waals surface area contributed by atoms with Gasteiger partial charge in [0.25, 0.3) is 15.9 Å². The van der Waals surface area contributed by atoms with Crippen molar-refractivity contribution in [3.8, 4) is 22.8 Å². The second-order valence-electron chi connectivity index (χ2n) is 16.7. The number of sulfonamides is 1. The van der Waals surface area contributed by atoms with Crippen LogP contribution in [0.15, 0.2) is 115 Å². The summed E-state index contributed by atoms with van der Waals surface area (Å²) in [5.74, 6) is -2.71. The molecule has 0 spiro atoms. The van der Waals surface area contributed by atoms with Crippen molar-refractivity contribution >= 4 is 50.6 Å². The van der Waals surface area contributed by atoms with Gasteiger partial charge in [-0.2, -0.15) is 0 Å². The average molecular weight is 881 g/mol. The molecule has 1 aliphatic heterocycles. The lowest BCUT2D eigenvalue weighted by Gasteiger charge is -2.32. The molecule has 3 aromatic carbocycles. The highest BCUT2D eigenvalue weighted by atomic mass is 32.2. The van der Waals surface area contributed by atoms with E-state index in [1.54, 1.807) is 58.2 Å². The number of pyridine rings is 1. The van der Waals surface area contributed by atoms with Gasteiger partial charge in [0.1, 0.15) is 40.8 Å². The number of benzene rings is 3. The Labute approximate surface area is 366 Å². The minimum atomic E-state index is -4.34. The van der Waals surface area contributed by atoms with Gasteiger partial charge < -0.3 is 34.6 Å². The summed E-state index contributed by atoms with van der Waals surface area (Å²) < 4.78 is 46.3. The van der Waals surface area contributed by atoms with E-state index in [0.29, 0.717) is 28.1 Å². The van der Waals surface area contributed by atoms with E-state index in [4.69, 9.17) is 19.2 Å². The lowest BCUT2D eigenvalue weighted by atomic mass is 10.1. The molecule has 1 aromatic heterocycles. The standard InChI is InChI=1S/C46H52N6O10S/c1-9-30-25-46(30,43(56)50-63(58,59)33-18-14-11-15-19-33)49-40(53)38-23-32(26-52(38)42(55)37(27-51(7)41(54)28(2)3)48-44(57)62-45(4,5)6)61-39-24-35(29-16-12-10-13-17-29)47-36-22-31(60-8)20-21-34(36)39/h9-22,24,30,32,37-38H,1-2,23,25-27H2,3-8H3,(H,48,57)(H,49,53)(H,50,56)/t30-,32-,37+,38+,46-/m1/s1. The smallest absolute Gasteiger partial charge is 0.408 e. The number of hydrogen-bond acceptors (Lipinski definition) is 11. The molecule has 5 atom stereocenters. The summed E-state index contributed by atoms with van der Waals surface area (Å²) in [4.78, 5) is 76.7. The number of carbonyl (C=O) groups is 5. The molecule has 5 amide bonds. The van der Waals surface area contributed by atoms with Crippen molar-refractivity contribution in [1.29, 1.82) is 0 Å². The second-order valence-corrected chi connectivity index (χ2v) is 18.3. The van der Waals surface area contributed by atoms with E-state index < -0.39 is 75.0 Å². The highest BCUT2D eigenvalue weighted by Crippen LogP contribution is 2.45. The number of ether oxygens (including phenoxy) is 3. The lowest BCUT2D eigenvalue weighted by molar-refractivity contribution is -0.142. The minimum absolute atomic E-state index is 0.0321. The number of carbonyl (C=O) groups excluding carboxylic acids is 5. The first-order chi connectivity index (χ1) is 29.7. The molecule has 16 nitrogen and oxygen atoms in total. The summed E-state index contributed by atoms with van der Waals surface area (Å²) in [6.07, 6.45) is -0.419. The van der Waals surface area contributed by atoms with Crippen molar-refractivity contribution < 1.29 is 46.6 Å². The predicted octanol–water partition coefficient (Wildman–Crippen LogP) is 4.75. The number of nitrogens with one attached hydrogen (secondary N) is 3. The van der Waals surface area contributed by atoms with Crippen LogP contribution < -0.4 is 24.8 Å². The van der Waals surface area contributed by atoms with Crippen LogP contribution in [0.3, 0.4) is 0 Å². The third-order valence-electron chi connectivity index (χ3n) is 10.7. The van der Waals surface area contributed by atoms with Crippen LogP contribution in [0.5, 0.6) is 11.5 Å². The number of amides is 5. The van der Waals surface area contributed by atoms with E-state index in [0.717, 1.165) is 5.56 Å². The maximum Gasteiger partial charge on any atom is 0.408 e. The zero-order valence-electron chi connectivity index (χ0n) is 36.0. The molecular formula is C46H52N6O10S. The van der Waals surface area contributed by atoms with Crippen LogP contribution in [0.1, 0.15) is 40.5 Å². The Morgan fingerprint density at radius 2 is 1.68 bits per heavy atom. The van der Waals surface area contributed by atoms with Crippen LogP contribution in [0.2, 0.25) is 0 Å². The first kappa shape index (κ1) is 45.8. The summed E-state index contributed by atoms with van der Waals surface area (Å²) >= 11 is 0. The molecule has 1 aliphatic carbocycles. The van der Waals surface area contributed by atoms with Crippen molar-refractivity contribution in [2.45, 2.75) is 74.8 Å². The maximum atomic E-state index is 14.9. The van der Waals surface area contributed by atoms with Gasteiger partial charge in [0.05, 0.1) is 36.3 Å². The van der Waals surface area contributed by atoms with Gasteiger partial charge >= 0.3 is 6.09 Å². The van der Waals surface area contributed by atoms with Gasteiger partial charge in [-0.1, -0.05) is 61.2 Å². The topological polar surface area (TPSA) is 203 Å². The maximum absolute atomic E-state index is 14.9. The van der Waals surface area contributed by atoms with Crippen molar-refractivity contribution in [1.82, 2.24) is 30.1 Å². The fourth-order valence-electron chi connectivity index (χ4n) is 7.44. The zero-order valence-corrected chi connectivity index (χ0v) is 36.9. The van der Waals surface area contributed by atoms with E-state index in [1.807, 2.05) is 30.3 Å². The highest BCUT2D eigenvalue weighted by molar-refractivity contribution is 7.90. The molecule has 1 saturated heterocycles. The molecular weight excluding hydrogens is 829 g/mol. The van der Waals surface area contributed by atoms with Crippen LogP contribution in [0, 0.1) is 5.92 Å². The Bertz CT molecular complexity index is 2550. The second kappa shape index (κ2) is 18.3. The summed E-state index contributed by atoms with van der Waals surface area (Å²) in [5, 5.41) is 5.96. The number of aromatic nitrogens is 1. The number of likely N-dealkylation sites (N-methyl/N-ethyl adjacent to an activating group) is 1. The quantitative estimate of drug-likeness (QED) is 0.110. The summed E-state index contributed by atoms with van der Waals surface area (Å²) in [6.45, 7) is 13.4. The molecule has 2 aliphatic rings. The molecule has 4 aromatic rings. The monoisotopic (exact) mass is 880 g/mol. The van der Waals surface area contributed by atoms with Gasteiger partial charge in [-0.05, 0) is 58.4 Å². The normalized spacial score (nSPS) is 19.8. The van der Waals surface area contributed by atoms with E-state index in [1.165, 1.54) is 54.1 Å². The number of alkyl carbamates (subject to hydrolysis) is 1. The van der Waals surface area contributed by atoms with E-state index >= 15 is 0 Å². The van der Waals surface area contributed by atoms with E-state index in [-0.39, 0.29) is 36.4 Å². The molecule has 2 fully saturated rings. The molecule has 3 N–H and O–H groups in total. The lowest BCUT2D eigenvalue weighted by Crippen LogP contribution is -2.59. The number of hydrogen-bond donors (Lipinski definition) is 3. The van der Waals surface area contributed by atoms with Crippen molar-refractivity contribution in [3.63, 3.8) is 0 Å². The van der Waals surface area contributed by atoms with Gasteiger partial charge in [-0.3, -0.25) is 19.2 Å². The molecule has 0 unspecified atom stereocenters. The number of methoxy groups -OCH3 is 1. The number of likely N-dealkylation sites (tertiary alicyclic amines) is 1. The fourth-order valence-corrected chi connectivity index (χ4v) is 8.50. The first-order valence-electron chi connectivity index (χ1n) is 20.2. The number of rotatable bonds is 15. The third-order valence-corrected chi connectivity index (χ3v) is 12.0. The minimum Gasteiger partial charge on any atom is -0.497 e. The predicted molar refractivity (Wildman–Crippen MR) is 235 cm³/mol. The number of nitrogens with zero attached hydrogens (tertiary/aromatic N) is 3. The first-order valence-corrected chi connectivity index (χ1v) is 21.7. The molecule has 63 heavy (non-hydrogen) atoms. The third kappa shape index (κ3) is 10.5. The Kier molecular flexibility index (Phi) is 13.3. The largest absolute Gasteiger partial charge is 0.497 e. The van der Waals surface area contributed by atoms with Gasteiger partial charge in [-0.25, -0.2) is 22.9 Å². The van der Waals surface area contributed by atoms with Gasteiger partial charge in [-0.15, -0.1) is 6.58 Å². The van der Waals surface area contributed by atoms with Gasteiger partial charge in [0.15, 0.2) is 0 Å². The van der Waals surface area contributed by atoms with E-state index in [2.05, 4.69) is 28.5 Å². The SMILES string of the molecule is C=C[C@@H]1C[C@]1(NC(=O)[C@@H]1C[C@@H](Oc2cc(-c3ccccc3)nc3cc(OC)ccc23)CN1C(=O)[C@H](CN(C)C(=O)C(=C)C)NC(=O)OC(C)(C)C)C(=O)NS(=O)(=O)c1ccccc1. The highest BCUT2D eigenvalue weighted by Gasteiger charge is 2.61. The van der Waals surface area contributed by atoms with Crippen molar-refractivity contribution in [3.05, 3.63) is 110 Å². The molecule has 332 valence electrons. The molecule has 6 rings (SSSR count). The molecule has 0 bridgehead atoms. The molecule has 1 saturated carbocycles. The summed E-state index contributed by atoms with van der Waals surface area (Å²) in [5.41, 5.74) is -0.542.